The van der Waals surface area contributed by atoms with E-state index < -0.39 is 7.82 Å². The smallest absolute Gasteiger partial charge is 0.262 e. The van der Waals surface area contributed by atoms with Gasteiger partial charge in [-0.1, -0.05) is 42.0 Å². The molecule has 2 N–H and O–H groups in total. The lowest BCUT2D eigenvalue weighted by atomic mass is 10.00. The van der Waals surface area contributed by atoms with Crippen molar-refractivity contribution in [2.24, 2.45) is 7.05 Å². The molecule has 5 nitrogen and oxygen atoms in total. The van der Waals surface area contributed by atoms with E-state index in [1.165, 1.54) is 12.1 Å². The van der Waals surface area contributed by atoms with E-state index in [2.05, 4.69) is 0 Å². The highest BCUT2D eigenvalue weighted by atomic mass is 31.2. The van der Waals surface area contributed by atoms with Crippen molar-refractivity contribution < 1.29 is 32.6 Å². The summed E-state index contributed by atoms with van der Waals surface area (Å²) in [5, 5.41) is 0. The number of hydrogen-bond acceptors (Lipinski definition) is 2. The first kappa shape index (κ1) is 20.9. The third-order valence-corrected chi connectivity index (χ3v) is 3.64. The van der Waals surface area contributed by atoms with E-state index in [1.54, 1.807) is 29.1 Å². The van der Waals surface area contributed by atoms with Crippen molar-refractivity contribution in [2.45, 2.75) is 6.92 Å². The summed E-state index contributed by atoms with van der Waals surface area (Å²) in [5.41, 5.74) is 3.35. The van der Waals surface area contributed by atoms with Gasteiger partial charge in [-0.2, -0.15) is 0 Å². The number of benzene rings is 2. The molecule has 0 radical (unpaired) electrons. The molecule has 1 heterocycles. The largest absolute Gasteiger partial charge is 0.756 e. The van der Waals surface area contributed by atoms with Crippen LogP contribution in [0.2, 0.25) is 0 Å². The molecular formula is C19H18F2NO4P. The Bertz CT molecular complexity index is 979. The molecule has 8 heteroatoms. The molecular weight excluding hydrogens is 375 g/mol. The summed E-state index contributed by atoms with van der Waals surface area (Å²) in [6.45, 7) is 1.99. The van der Waals surface area contributed by atoms with Gasteiger partial charge in [0.1, 0.15) is 12.9 Å². The van der Waals surface area contributed by atoms with Crippen molar-refractivity contribution in [1.29, 1.82) is 0 Å². The predicted molar refractivity (Wildman–Crippen MR) is 95.2 cm³/mol. The van der Waals surface area contributed by atoms with E-state index in [0.29, 0.717) is 16.7 Å². The lowest BCUT2D eigenvalue weighted by molar-refractivity contribution is -0.670. The first-order valence-corrected chi connectivity index (χ1v) is 9.36. The Labute approximate surface area is 155 Å². The molecule has 3 rings (SSSR count). The van der Waals surface area contributed by atoms with E-state index in [-0.39, 0.29) is 11.6 Å². The average Bonchev–Trinajstić information content (AvgIpc) is 2.56. The number of aryl methyl sites for hydroxylation is 2. The van der Waals surface area contributed by atoms with Gasteiger partial charge in [-0.3, -0.25) is 4.57 Å². The fourth-order valence-electron chi connectivity index (χ4n) is 2.49. The second-order valence-electron chi connectivity index (χ2n) is 5.93. The molecule has 0 spiro atoms. The first-order chi connectivity index (χ1) is 12.5. The van der Waals surface area contributed by atoms with Crippen molar-refractivity contribution in [1.82, 2.24) is 0 Å². The third-order valence-electron chi connectivity index (χ3n) is 3.64. The molecule has 0 aliphatic rings. The molecule has 0 bridgehead atoms. The van der Waals surface area contributed by atoms with Crippen LogP contribution in [0.5, 0.6) is 0 Å². The summed E-state index contributed by atoms with van der Waals surface area (Å²) < 4.78 is 38.9. The Kier molecular flexibility index (Phi) is 6.57. The first-order valence-electron chi connectivity index (χ1n) is 7.83. The molecule has 3 aromatic rings. The molecule has 2 aromatic carbocycles. The summed E-state index contributed by atoms with van der Waals surface area (Å²) in [4.78, 5) is 22.9. The third kappa shape index (κ3) is 6.34. The van der Waals surface area contributed by atoms with Crippen molar-refractivity contribution in [3.63, 3.8) is 0 Å². The number of nitrogens with zero attached hydrogens (tertiary/aromatic N) is 1. The molecule has 0 atom stereocenters. The van der Waals surface area contributed by atoms with Gasteiger partial charge in [0.25, 0.3) is 7.82 Å². The number of hydrogen-bond donors (Lipinski definition) is 2. The highest BCUT2D eigenvalue weighted by molar-refractivity contribution is 7.43. The van der Waals surface area contributed by atoms with Crippen LogP contribution in [0.3, 0.4) is 0 Å². The van der Waals surface area contributed by atoms with Gasteiger partial charge in [-0.05, 0) is 30.2 Å². The zero-order valence-corrected chi connectivity index (χ0v) is 15.5. The van der Waals surface area contributed by atoms with Crippen LogP contribution in [-0.2, 0) is 11.6 Å². The second kappa shape index (κ2) is 8.50. The Balaban J connectivity index is 0.000000465. The summed E-state index contributed by atoms with van der Waals surface area (Å²) >= 11 is 0. The van der Waals surface area contributed by atoms with E-state index >= 15 is 0 Å². The number of halogens is 2. The Morgan fingerprint density at radius 2 is 1.48 bits per heavy atom. The van der Waals surface area contributed by atoms with Crippen molar-refractivity contribution in [3.8, 4) is 22.3 Å². The lowest BCUT2D eigenvalue weighted by Crippen LogP contribution is -2.28. The van der Waals surface area contributed by atoms with Crippen LogP contribution in [0.4, 0.5) is 8.78 Å². The highest BCUT2D eigenvalue weighted by Gasteiger charge is 2.18. The zero-order chi connectivity index (χ0) is 20.2. The van der Waals surface area contributed by atoms with Gasteiger partial charge in [-0.15, -0.1) is 0 Å². The fraction of sp³-hybridized carbons (Fsp3) is 0.105. The summed E-state index contributed by atoms with van der Waals surface area (Å²) in [6, 6.07) is 13.7. The van der Waals surface area contributed by atoms with Crippen LogP contribution in [0.1, 0.15) is 5.56 Å². The molecule has 27 heavy (non-hydrogen) atoms. The van der Waals surface area contributed by atoms with E-state index in [0.717, 1.165) is 11.1 Å². The highest BCUT2D eigenvalue weighted by Crippen LogP contribution is 2.29. The van der Waals surface area contributed by atoms with Gasteiger partial charge in [0, 0.05) is 0 Å². The molecule has 142 valence electrons. The van der Waals surface area contributed by atoms with E-state index in [9.17, 15) is 8.78 Å². The summed E-state index contributed by atoms with van der Waals surface area (Å²) in [6.07, 6.45) is 3.41. The maximum atomic E-state index is 14.9. The van der Waals surface area contributed by atoms with Crippen molar-refractivity contribution in [2.75, 3.05) is 0 Å². The summed E-state index contributed by atoms with van der Waals surface area (Å²) in [7, 11) is -3.06. The Morgan fingerprint density at radius 3 is 2.00 bits per heavy atom. The van der Waals surface area contributed by atoms with Crippen molar-refractivity contribution in [3.05, 3.63) is 78.1 Å². The molecule has 0 aliphatic carbocycles. The molecule has 1 aromatic heterocycles. The monoisotopic (exact) mass is 393 g/mol. The minimum Gasteiger partial charge on any atom is -0.756 e. The number of rotatable bonds is 2. The number of aromatic nitrogens is 1. The van der Waals surface area contributed by atoms with Crippen LogP contribution >= 0.6 is 7.82 Å². The summed E-state index contributed by atoms with van der Waals surface area (Å²) in [5.74, 6) is -0.715. The van der Waals surface area contributed by atoms with Crippen LogP contribution in [0, 0.1) is 18.6 Å². The van der Waals surface area contributed by atoms with Crippen LogP contribution in [-0.4, -0.2) is 9.79 Å². The molecule has 0 saturated heterocycles. The normalized spacial score (nSPS) is 10.9. The Hall–Kier alpha value is -2.44. The van der Waals surface area contributed by atoms with Gasteiger partial charge in [0.2, 0.25) is 0 Å². The minimum atomic E-state index is -4.89. The van der Waals surface area contributed by atoms with Crippen LogP contribution in [0.15, 0.2) is 60.9 Å². The Morgan fingerprint density at radius 1 is 0.963 bits per heavy atom. The van der Waals surface area contributed by atoms with Gasteiger partial charge in [0.05, 0.1) is 11.1 Å². The maximum Gasteiger partial charge on any atom is 0.262 e. The van der Waals surface area contributed by atoms with E-state index in [1.807, 2.05) is 38.2 Å². The zero-order valence-electron chi connectivity index (χ0n) is 14.6. The van der Waals surface area contributed by atoms with Crippen LogP contribution in [0.25, 0.3) is 22.3 Å². The minimum absolute atomic E-state index is 0.340. The van der Waals surface area contributed by atoms with Gasteiger partial charge in [0.15, 0.2) is 18.2 Å². The molecule has 0 saturated carbocycles. The topological polar surface area (TPSA) is 84.5 Å². The molecule has 0 amide bonds. The fourth-order valence-corrected chi connectivity index (χ4v) is 2.49. The number of phosphoric acid groups is 1. The quantitative estimate of drug-likeness (QED) is 0.518. The van der Waals surface area contributed by atoms with E-state index in [4.69, 9.17) is 19.2 Å². The SMILES string of the molecule is Cc1ccc(-c2c[n+](C)cc(-c3cccc(F)c3)c2F)cc1.O=P([O-])(O)O. The maximum absolute atomic E-state index is 14.9. The molecule has 0 unspecified atom stereocenters. The average molecular weight is 393 g/mol. The molecule has 0 fully saturated rings. The van der Waals surface area contributed by atoms with Crippen molar-refractivity contribution >= 4 is 7.82 Å². The van der Waals surface area contributed by atoms with Gasteiger partial charge >= 0.3 is 0 Å². The van der Waals surface area contributed by atoms with Gasteiger partial charge < -0.3 is 14.7 Å². The van der Waals surface area contributed by atoms with Crippen LogP contribution < -0.4 is 9.46 Å². The van der Waals surface area contributed by atoms with Gasteiger partial charge in [-0.25, -0.2) is 13.3 Å². The standard InChI is InChI=1S/C19H16F2N.H3O4P/c1-13-6-8-14(9-7-13)17-11-22(2)12-18(19(17)21)15-4-3-5-16(20)10-15;1-5(2,3)4/h3-12H,1-2H3;(H3,1,2,3,4)/q+1;/p-1. The number of pyridine rings is 1. The predicted octanol–water partition coefficient (Wildman–Crippen LogP) is 2.87. The molecule has 0 aliphatic heterocycles. The lowest BCUT2D eigenvalue weighted by Gasteiger charge is -2.08. The second-order valence-corrected chi connectivity index (χ2v) is 6.91.